The largest absolute Gasteiger partial charge is 0.381 e. The molecule has 104 valence electrons. The zero-order chi connectivity index (χ0) is 14.1. The number of nitrogens with one attached hydrogen (secondary N) is 2. The summed E-state index contributed by atoms with van der Waals surface area (Å²) in [5, 5.41) is 15.0. The van der Waals surface area contributed by atoms with E-state index in [1.807, 2.05) is 37.3 Å². The van der Waals surface area contributed by atoms with Crippen LogP contribution in [0.25, 0.3) is 0 Å². The van der Waals surface area contributed by atoms with Gasteiger partial charge in [0.2, 0.25) is 6.41 Å². The van der Waals surface area contributed by atoms with Crippen molar-refractivity contribution in [3.8, 4) is 0 Å². The van der Waals surface area contributed by atoms with Crippen LogP contribution in [0.4, 0.5) is 0 Å². The average Bonchev–Trinajstić information content (AvgIpc) is 2.45. The van der Waals surface area contributed by atoms with Gasteiger partial charge >= 0.3 is 0 Å². The van der Waals surface area contributed by atoms with Gasteiger partial charge in [0.05, 0.1) is 6.04 Å². The van der Waals surface area contributed by atoms with Crippen molar-refractivity contribution in [2.45, 2.75) is 38.5 Å². The molecule has 0 bridgehead atoms. The predicted octanol–water partition coefficient (Wildman–Crippen LogP) is 0.578. The van der Waals surface area contributed by atoms with Crippen molar-refractivity contribution in [1.29, 1.82) is 0 Å². The van der Waals surface area contributed by atoms with Gasteiger partial charge in [-0.1, -0.05) is 43.7 Å². The van der Waals surface area contributed by atoms with E-state index in [9.17, 15) is 14.7 Å². The molecule has 19 heavy (non-hydrogen) atoms. The summed E-state index contributed by atoms with van der Waals surface area (Å²) >= 11 is 0. The van der Waals surface area contributed by atoms with Gasteiger partial charge in [0.25, 0.3) is 5.91 Å². The van der Waals surface area contributed by atoms with E-state index in [-0.39, 0.29) is 0 Å². The lowest BCUT2D eigenvalue weighted by molar-refractivity contribution is -0.131. The molecule has 0 fully saturated rings. The molecule has 0 aliphatic heterocycles. The molecule has 0 saturated carbocycles. The van der Waals surface area contributed by atoms with Crippen LogP contribution in [-0.4, -0.2) is 29.6 Å². The topological polar surface area (TPSA) is 78.4 Å². The Labute approximate surface area is 113 Å². The zero-order valence-corrected chi connectivity index (χ0v) is 11.0. The molecule has 2 atom stereocenters. The van der Waals surface area contributed by atoms with Crippen molar-refractivity contribution in [2.24, 2.45) is 0 Å². The third-order valence-corrected chi connectivity index (χ3v) is 2.84. The number of hydrogen-bond acceptors (Lipinski definition) is 3. The van der Waals surface area contributed by atoms with Crippen LogP contribution in [0.15, 0.2) is 30.3 Å². The molecule has 0 spiro atoms. The van der Waals surface area contributed by atoms with Crippen LogP contribution in [-0.2, 0) is 16.1 Å². The molecule has 0 saturated heterocycles. The fourth-order valence-electron chi connectivity index (χ4n) is 1.80. The van der Waals surface area contributed by atoms with Crippen LogP contribution in [0.1, 0.15) is 25.3 Å². The SMILES string of the molecule is CCCC(NC=O)C(O)C(=O)NCc1ccccc1. The molecule has 2 amide bonds. The maximum Gasteiger partial charge on any atom is 0.251 e. The van der Waals surface area contributed by atoms with Crippen molar-refractivity contribution >= 4 is 12.3 Å². The van der Waals surface area contributed by atoms with Crippen LogP contribution in [0, 0.1) is 0 Å². The molecule has 1 rings (SSSR count). The minimum absolute atomic E-state index is 0.358. The first-order chi connectivity index (χ1) is 9.19. The Morgan fingerprint density at radius 3 is 2.63 bits per heavy atom. The van der Waals surface area contributed by atoms with Crippen molar-refractivity contribution in [3.63, 3.8) is 0 Å². The van der Waals surface area contributed by atoms with Gasteiger partial charge in [-0.05, 0) is 12.0 Å². The summed E-state index contributed by atoms with van der Waals surface area (Å²) < 4.78 is 0. The number of benzene rings is 1. The fraction of sp³-hybridized carbons (Fsp3) is 0.429. The molecule has 5 nitrogen and oxygen atoms in total. The highest BCUT2D eigenvalue weighted by Crippen LogP contribution is 2.03. The summed E-state index contributed by atoms with van der Waals surface area (Å²) in [4.78, 5) is 22.2. The molecule has 1 aromatic rings. The Hall–Kier alpha value is -1.88. The molecular formula is C14H20N2O3. The van der Waals surface area contributed by atoms with E-state index in [0.29, 0.717) is 19.4 Å². The lowest BCUT2D eigenvalue weighted by atomic mass is 10.1. The molecule has 1 aromatic carbocycles. The summed E-state index contributed by atoms with van der Waals surface area (Å²) in [5.74, 6) is -0.475. The second-order valence-electron chi connectivity index (χ2n) is 4.33. The monoisotopic (exact) mass is 264 g/mol. The Morgan fingerprint density at radius 1 is 1.37 bits per heavy atom. The number of aliphatic hydroxyl groups is 1. The van der Waals surface area contributed by atoms with Crippen LogP contribution in [0.2, 0.25) is 0 Å². The van der Waals surface area contributed by atoms with Gasteiger partial charge in [0.1, 0.15) is 0 Å². The first-order valence-electron chi connectivity index (χ1n) is 6.38. The van der Waals surface area contributed by atoms with Crippen LogP contribution >= 0.6 is 0 Å². The molecule has 0 heterocycles. The summed E-state index contributed by atoms with van der Waals surface area (Å²) in [7, 11) is 0. The van der Waals surface area contributed by atoms with Crippen molar-refractivity contribution < 1.29 is 14.7 Å². The molecule has 0 aliphatic carbocycles. The van der Waals surface area contributed by atoms with Gasteiger partial charge in [0.15, 0.2) is 6.10 Å². The molecule has 0 aromatic heterocycles. The van der Waals surface area contributed by atoms with E-state index in [4.69, 9.17) is 0 Å². The smallest absolute Gasteiger partial charge is 0.251 e. The molecule has 0 aliphatic rings. The second kappa shape index (κ2) is 8.26. The third kappa shape index (κ3) is 5.09. The first-order valence-corrected chi connectivity index (χ1v) is 6.38. The normalized spacial score (nSPS) is 13.4. The number of aliphatic hydroxyl groups excluding tert-OH is 1. The number of hydrogen-bond donors (Lipinski definition) is 3. The lowest BCUT2D eigenvalue weighted by Crippen LogP contribution is -2.48. The molecule has 2 unspecified atom stereocenters. The van der Waals surface area contributed by atoms with Crippen molar-refractivity contribution in [1.82, 2.24) is 10.6 Å². The number of amides is 2. The molecule has 5 heteroatoms. The standard InChI is InChI=1S/C14H20N2O3/c1-2-6-12(16-10-17)13(18)14(19)15-9-11-7-4-3-5-8-11/h3-5,7-8,10,12-13,18H,2,6,9H2,1H3,(H,15,19)(H,16,17). The van der Waals surface area contributed by atoms with Crippen LogP contribution in [0.3, 0.4) is 0 Å². The van der Waals surface area contributed by atoms with Crippen LogP contribution < -0.4 is 10.6 Å². The fourth-order valence-corrected chi connectivity index (χ4v) is 1.80. The van der Waals surface area contributed by atoms with E-state index in [2.05, 4.69) is 10.6 Å². The van der Waals surface area contributed by atoms with Crippen molar-refractivity contribution in [2.75, 3.05) is 0 Å². The van der Waals surface area contributed by atoms with Gasteiger partial charge in [-0.15, -0.1) is 0 Å². The zero-order valence-electron chi connectivity index (χ0n) is 11.0. The predicted molar refractivity (Wildman–Crippen MR) is 72.2 cm³/mol. The quantitative estimate of drug-likeness (QED) is 0.601. The van der Waals surface area contributed by atoms with Gasteiger partial charge < -0.3 is 15.7 Å². The Morgan fingerprint density at radius 2 is 2.05 bits per heavy atom. The van der Waals surface area contributed by atoms with Gasteiger partial charge in [-0.3, -0.25) is 9.59 Å². The minimum Gasteiger partial charge on any atom is -0.381 e. The number of rotatable bonds is 8. The van der Waals surface area contributed by atoms with Crippen LogP contribution in [0.5, 0.6) is 0 Å². The average molecular weight is 264 g/mol. The summed E-state index contributed by atoms with van der Waals surface area (Å²) in [5.41, 5.74) is 0.957. The Kier molecular flexibility index (Phi) is 6.60. The number of carbonyl (C=O) groups is 2. The van der Waals surface area contributed by atoms with Gasteiger partial charge in [-0.25, -0.2) is 0 Å². The summed E-state index contributed by atoms with van der Waals surface area (Å²) in [6.45, 7) is 2.28. The molecule has 0 radical (unpaired) electrons. The van der Waals surface area contributed by atoms with Gasteiger partial charge in [-0.2, -0.15) is 0 Å². The molecule has 3 N–H and O–H groups in total. The third-order valence-electron chi connectivity index (χ3n) is 2.84. The van der Waals surface area contributed by atoms with E-state index >= 15 is 0 Å². The van der Waals surface area contributed by atoms with E-state index in [1.54, 1.807) is 0 Å². The summed E-state index contributed by atoms with van der Waals surface area (Å²) in [6, 6.07) is 8.89. The van der Waals surface area contributed by atoms with Crippen molar-refractivity contribution in [3.05, 3.63) is 35.9 Å². The van der Waals surface area contributed by atoms with Gasteiger partial charge in [0, 0.05) is 6.54 Å². The highest BCUT2D eigenvalue weighted by molar-refractivity contribution is 5.81. The van der Waals surface area contributed by atoms with E-state index in [0.717, 1.165) is 12.0 Å². The Bertz CT molecular complexity index is 395. The maximum absolute atomic E-state index is 11.8. The second-order valence-corrected chi connectivity index (χ2v) is 4.33. The Balaban J connectivity index is 2.49. The van der Waals surface area contributed by atoms with E-state index in [1.165, 1.54) is 0 Å². The highest BCUT2D eigenvalue weighted by atomic mass is 16.3. The summed E-state index contributed by atoms with van der Waals surface area (Å²) in [6.07, 6.45) is 0.607. The van der Waals surface area contributed by atoms with E-state index < -0.39 is 18.1 Å². The lowest BCUT2D eigenvalue weighted by Gasteiger charge is -2.21. The minimum atomic E-state index is -1.23. The molecular weight excluding hydrogens is 244 g/mol. The maximum atomic E-state index is 11.8. The highest BCUT2D eigenvalue weighted by Gasteiger charge is 2.24. The first kappa shape index (κ1) is 15.2. The number of carbonyl (C=O) groups excluding carboxylic acids is 2.